The molecule has 0 aliphatic carbocycles. The summed E-state index contributed by atoms with van der Waals surface area (Å²) in [5.41, 5.74) is 1.54. The Kier molecular flexibility index (Phi) is 8.20. The second-order valence-electron chi connectivity index (χ2n) is 6.27. The van der Waals surface area contributed by atoms with Gasteiger partial charge in [0.25, 0.3) is 5.91 Å². The Balaban J connectivity index is 1.81. The average molecular weight is 503 g/mol. The molecular formula is C23H23BrN2O4S. The normalized spacial score (nSPS) is 15.8. The van der Waals surface area contributed by atoms with E-state index in [1.54, 1.807) is 12.2 Å². The second-order valence-corrected chi connectivity index (χ2v) is 8.16. The van der Waals surface area contributed by atoms with Crippen LogP contribution in [0, 0.1) is 0 Å². The number of carbonyl (C=O) groups excluding carboxylic acids is 1. The van der Waals surface area contributed by atoms with Crippen LogP contribution in [0.5, 0.6) is 17.2 Å². The lowest BCUT2D eigenvalue weighted by Gasteiger charge is -2.13. The number of nitrogens with zero attached hydrogens (tertiary/aromatic N) is 1. The highest BCUT2D eigenvalue weighted by atomic mass is 79.9. The standard InChI is InChI=1S/C23H23BrN2O4S/c1-4-11-30-21-18(24)12-15(13-19(21)29-6-3)14-20-22(27)26-23(31-20)25-16-7-9-17(10-8-16)28-5-2/h4,7-10,12-14H,1,5-6,11H2,2-3H3,(H,25,26,27)/b20-14+. The van der Waals surface area contributed by atoms with E-state index >= 15 is 0 Å². The molecule has 0 saturated carbocycles. The highest BCUT2D eigenvalue weighted by Gasteiger charge is 2.24. The molecule has 1 aliphatic heterocycles. The average Bonchev–Trinajstić information content (AvgIpc) is 3.08. The first-order valence-electron chi connectivity index (χ1n) is 9.76. The van der Waals surface area contributed by atoms with Crippen LogP contribution in [-0.4, -0.2) is 30.9 Å². The van der Waals surface area contributed by atoms with Crippen LogP contribution in [-0.2, 0) is 4.79 Å². The van der Waals surface area contributed by atoms with Crippen molar-refractivity contribution >= 4 is 50.5 Å². The predicted molar refractivity (Wildman–Crippen MR) is 129 cm³/mol. The van der Waals surface area contributed by atoms with Crippen molar-refractivity contribution in [3.63, 3.8) is 0 Å². The van der Waals surface area contributed by atoms with Gasteiger partial charge in [0.05, 0.1) is 28.3 Å². The number of rotatable bonds is 9. The minimum Gasteiger partial charge on any atom is -0.494 e. The van der Waals surface area contributed by atoms with Gasteiger partial charge < -0.3 is 19.5 Å². The Labute approximate surface area is 194 Å². The lowest BCUT2D eigenvalue weighted by atomic mass is 10.2. The highest BCUT2D eigenvalue weighted by molar-refractivity contribution is 9.10. The molecule has 0 spiro atoms. The monoisotopic (exact) mass is 502 g/mol. The molecule has 0 unspecified atom stereocenters. The summed E-state index contributed by atoms with van der Waals surface area (Å²) in [7, 11) is 0. The van der Waals surface area contributed by atoms with Gasteiger partial charge in [0.1, 0.15) is 12.4 Å². The fraction of sp³-hybridized carbons (Fsp3) is 0.217. The van der Waals surface area contributed by atoms with Crippen LogP contribution < -0.4 is 19.5 Å². The van der Waals surface area contributed by atoms with Crippen LogP contribution in [0.1, 0.15) is 19.4 Å². The summed E-state index contributed by atoms with van der Waals surface area (Å²) in [4.78, 5) is 17.5. The number of aliphatic imine (C=N–C) groups is 1. The third-order valence-electron chi connectivity index (χ3n) is 4.00. The topological polar surface area (TPSA) is 69.2 Å². The molecule has 31 heavy (non-hydrogen) atoms. The number of benzene rings is 2. The van der Waals surface area contributed by atoms with E-state index in [4.69, 9.17) is 14.2 Å². The van der Waals surface area contributed by atoms with E-state index in [9.17, 15) is 4.79 Å². The summed E-state index contributed by atoms with van der Waals surface area (Å²) >= 11 is 4.81. The number of carbonyl (C=O) groups is 1. The van der Waals surface area contributed by atoms with Gasteiger partial charge in [-0.1, -0.05) is 12.7 Å². The van der Waals surface area contributed by atoms with Crippen molar-refractivity contribution in [2.24, 2.45) is 4.99 Å². The maximum atomic E-state index is 12.4. The van der Waals surface area contributed by atoms with Crippen molar-refractivity contribution < 1.29 is 19.0 Å². The molecule has 1 heterocycles. The van der Waals surface area contributed by atoms with Crippen molar-refractivity contribution in [1.82, 2.24) is 5.32 Å². The highest BCUT2D eigenvalue weighted by Crippen LogP contribution is 2.38. The molecular weight excluding hydrogens is 480 g/mol. The molecule has 2 aromatic carbocycles. The number of amidine groups is 1. The number of ether oxygens (including phenoxy) is 3. The Morgan fingerprint density at radius 3 is 2.55 bits per heavy atom. The number of amides is 1. The number of hydrogen-bond donors (Lipinski definition) is 1. The summed E-state index contributed by atoms with van der Waals surface area (Å²) in [5.74, 6) is 1.78. The second kappa shape index (κ2) is 11.1. The fourth-order valence-electron chi connectivity index (χ4n) is 2.75. The fourth-order valence-corrected chi connectivity index (χ4v) is 4.17. The molecule has 1 amide bonds. The van der Waals surface area contributed by atoms with E-state index < -0.39 is 0 Å². The van der Waals surface area contributed by atoms with Gasteiger partial charge in [0, 0.05) is 0 Å². The summed E-state index contributed by atoms with van der Waals surface area (Å²) in [6.45, 7) is 8.97. The van der Waals surface area contributed by atoms with Gasteiger partial charge in [-0.2, -0.15) is 0 Å². The van der Waals surface area contributed by atoms with Gasteiger partial charge in [-0.15, -0.1) is 0 Å². The molecule has 1 fully saturated rings. The number of nitrogens with one attached hydrogen (secondary N) is 1. The van der Waals surface area contributed by atoms with Crippen molar-refractivity contribution in [3.8, 4) is 17.2 Å². The minimum atomic E-state index is -0.198. The minimum absolute atomic E-state index is 0.198. The molecule has 2 aromatic rings. The van der Waals surface area contributed by atoms with Gasteiger partial charge in [-0.25, -0.2) is 4.99 Å². The van der Waals surface area contributed by atoms with Crippen LogP contribution in [0.3, 0.4) is 0 Å². The Hall–Kier alpha value is -2.71. The molecule has 8 heteroatoms. The van der Waals surface area contributed by atoms with Gasteiger partial charge in [-0.05, 0) is 89.6 Å². The quantitative estimate of drug-likeness (QED) is 0.351. The third-order valence-corrected chi connectivity index (χ3v) is 5.50. The van der Waals surface area contributed by atoms with Crippen molar-refractivity contribution in [2.75, 3.05) is 19.8 Å². The first kappa shape index (κ1) is 23.0. The Bertz CT molecular complexity index is 1020. The first-order chi connectivity index (χ1) is 15.0. The van der Waals surface area contributed by atoms with Crippen LogP contribution >= 0.6 is 27.7 Å². The number of thioether (sulfide) groups is 1. The lowest BCUT2D eigenvalue weighted by Crippen LogP contribution is -2.19. The van der Waals surface area contributed by atoms with E-state index in [1.165, 1.54) is 11.8 Å². The molecule has 1 saturated heterocycles. The van der Waals surface area contributed by atoms with E-state index in [-0.39, 0.29) is 5.91 Å². The third kappa shape index (κ3) is 6.15. The Morgan fingerprint density at radius 1 is 1.13 bits per heavy atom. The lowest BCUT2D eigenvalue weighted by molar-refractivity contribution is -0.115. The largest absolute Gasteiger partial charge is 0.494 e. The van der Waals surface area contributed by atoms with E-state index in [0.29, 0.717) is 41.4 Å². The summed E-state index contributed by atoms with van der Waals surface area (Å²) in [6.07, 6.45) is 3.47. The van der Waals surface area contributed by atoms with E-state index in [0.717, 1.165) is 21.5 Å². The first-order valence-corrected chi connectivity index (χ1v) is 11.4. The molecule has 0 bridgehead atoms. The predicted octanol–water partition coefficient (Wildman–Crippen LogP) is 5.70. The van der Waals surface area contributed by atoms with Crippen molar-refractivity contribution in [1.29, 1.82) is 0 Å². The van der Waals surface area contributed by atoms with Crippen LogP contribution in [0.2, 0.25) is 0 Å². The smallest absolute Gasteiger partial charge is 0.264 e. The zero-order chi connectivity index (χ0) is 22.2. The molecule has 6 nitrogen and oxygen atoms in total. The molecule has 3 rings (SSSR count). The van der Waals surface area contributed by atoms with E-state index in [2.05, 4.69) is 32.8 Å². The Morgan fingerprint density at radius 2 is 1.87 bits per heavy atom. The number of halogens is 1. The molecule has 1 N–H and O–H groups in total. The molecule has 0 radical (unpaired) electrons. The van der Waals surface area contributed by atoms with E-state index in [1.807, 2.05) is 50.2 Å². The number of hydrogen-bond acceptors (Lipinski definition) is 6. The molecule has 162 valence electrons. The van der Waals surface area contributed by atoms with Crippen LogP contribution in [0.15, 0.2) is 63.4 Å². The zero-order valence-electron chi connectivity index (χ0n) is 17.3. The zero-order valence-corrected chi connectivity index (χ0v) is 19.7. The van der Waals surface area contributed by atoms with Crippen LogP contribution in [0.25, 0.3) is 6.08 Å². The van der Waals surface area contributed by atoms with Gasteiger partial charge in [0.2, 0.25) is 0 Å². The molecule has 0 aromatic heterocycles. The van der Waals surface area contributed by atoms with Gasteiger partial charge >= 0.3 is 0 Å². The summed E-state index contributed by atoms with van der Waals surface area (Å²) in [6, 6.07) is 11.1. The maximum absolute atomic E-state index is 12.4. The SMILES string of the molecule is C=CCOc1c(Br)cc(/C=C2/SC(=Nc3ccc(OCC)cc3)NC2=O)cc1OCC. The summed E-state index contributed by atoms with van der Waals surface area (Å²) < 4.78 is 17.6. The summed E-state index contributed by atoms with van der Waals surface area (Å²) in [5, 5.41) is 3.33. The maximum Gasteiger partial charge on any atom is 0.264 e. The molecule has 0 atom stereocenters. The van der Waals surface area contributed by atoms with Gasteiger partial charge in [-0.3, -0.25) is 4.79 Å². The van der Waals surface area contributed by atoms with Crippen molar-refractivity contribution in [2.45, 2.75) is 13.8 Å². The van der Waals surface area contributed by atoms with Crippen LogP contribution in [0.4, 0.5) is 5.69 Å². The van der Waals surface area contributed by atoms with Crippen molar-refractivity contribution in [3.05, 3.63) is 64.0 Å². The van der Waals surface area contributed by atoms with Gasteiger partial charge in [0.15, 0.2) is 16.7 Å². The molecule has 1 aliphatic rings.